The van der Waals surface area contributed by atoms with Gasteiger partial charge in [-0.3, -0.25) is 4.90 Å². The fourth-order valence-corrected chi connectivity index (χ4v) is 4.41. The van der Waals surface area contributed by atoms with E-state index in [-0.39, 0.29) is 0 Å². The standard InChI is InChI=1S/C20H29N3/c1-22(2)16-9-10-19-18(13-16)17-8-6-7-15(20(17)21-19)14-23-11-4-3-5-12-23/h6-8,16,21H,3-5,9-14H2,1-2H3. The van der Waals surface area contributed by atoms with Gasteiger partial charge in [0.15, 0.2) is 0 Å². The van der Waals surface area contributed by atoms with Gasteiger partial charge >= 0.3 is 0 Å². The molecule has 3 nitrogen and oxygen atoms in total. The minimum absolute atomic E-state index is 0.687. The van der Waals surface area contributed by atoms with Gasteiger partial charge < -0.3 is 9.88 Å². The van der Waals surface area contributed by atoms with Gasteiger partial charge in [-0.05, 0) is 70.4 Å². The van der Waals surface area contributed by atoms with Gasteiger partial charge in [0.1, 0.15) is 0 Å². The predicted octanol–water partition coefficient (Wildman–Crippen LogP) is 3.57. The first-order valence-electron chi connectivity index (χ1n) is 9.22. The number of fused-ring (bicyclic) bond motifs is 3. The lowest BCUT2D eigenvalue weighted by atomic mass is 9.90. The number of para-hydroxylation sites is 1. The molecule has 2 aromatic rings. The Morgan fingerprint density at radius 3 is 2.78 bits per heavy atom. The first-order chi connectivity index (χ1) is 11.2. The van der Waals surface area contributed by atoms with Gasteiger partial charge in [-0.2, -0.15) is 0 Å². The van der Waals surface area contributed by atoms with Crippen LogP contribution < -0.4 is 0 Å². The van der Waals surface area contributed by atoms with Crippen molar-refractivity contribution < 1.29 is 0 Å². The lowest BCUT2D eigenvalue weighted by Gasteiger charge is -2.28. The van der Waals surface area contributed by atoms with E-state index in [1.165, 1.54) is 73.8 Å². The third-order valence-electron chi connectivity index (χ3n) is 5.86. The monoisotopic (exact) mass is 311 g/mol. The molecule has 124 valence electrons. The molecule has 23 heavy (non-hydrogen) atoms. The molecule has 0 spiro atoms. The summed E-state index contributed by atoms with van der Waals surface area (Å²) in [5.74, 6) is 0. The zero-order chi connectivity index (χ0) is 15.8. The molecule has 1 aromatic carbocycles. The second kappa shape index (κ2) is 6.29. The van der Waals surface area contributed by atoms with Crippen LogP contribution in [-0.4, -0.2) is 48.0 Å². The fraction of sp³-hybridized carbons (Fsp3) is 0.600. The number of H-pyrrole nitrogens is 1. The van der Waals surface area contributed by atoms with Crippen molar-refractivity contribution in [3.8, 4) is 0 Å². The topological polar surface area (TPSA) is 22.3 Å². The number of rotatable bonds is 3. The Bertz CT molecular complexity index is 679. The van der Waals surface area contributed by atoms with Crippen LogP contribution in [0.25, 0.3) is 10.9 Å². The van der Waals surface area contributed by atoms with Crippen molar-refractivity contribution in [1.82, 2.24) is 14.8 Å². The van der Waals surface area contributed by atoms with Gasteiger partial charge in [-0.25, -0.2) is 0 Å². The highest BCUT2D eigenvalue weighted by Crippen LogP contribution is 2.32. The van der Waals surface area contributed by atoms with E-state index in [4.69, 9.17) is 0 Å². The molecule has 0 saturated carbocycles. The Morgan fingerprint density at radius 2 is 2.00 bits per heavy atom. The minimum atomic E-state index is 0.687. The summed E-state index contributed by atoms with van der Waals surface area (Å²) in [5.41, 5.74) is 5.96. The molecule has 1 atom stereocenters. The first kappa shape index (κ1) is 15.2. The zero-order valence-corrected chi connectivity index (χ0v) is 14.6. The largest absolute Gasteiger partial charge is 0.358 e. The number of hydrogen-bond acceptors (Lipinski definition) is 2. The average molecular weight is 311 g/mol. The number of likely N-dealkylation sites (tertiary alicyclic amines) is 1. The number of likely N-dealkylation sites (N-methyl/N-ethyl adjacent to an activating group) is 1. The summed E-state index contributed by atoms with van der Waals surface area (Å²) in [5, 5.41) is 1.47. The molecule has 1 fully saturated rings. The second-order valence-electron chi connectivity index (χ2n) is 7.62. The number of aromatic nitrogens is 1. The number of hydrogen-bond donors (Lipinski definition) is 1. The molecule has 2 heterocycles. The number of aromatic amines is 1. The van der Waals surface area contributed by atoms with Crippen LogP contribution in [0.15, 0.2) is 18.2 Å². The van der Waals surface area contributed by atoms with Gasteiger partial charge in [0, 0.05) is 23.7 Å². The maximum Gasteiger partial charge on any atom is 0.0504 e. The number of piperidine rings is 1. The molecule has 0 amide bonds. The molecule has 1 N–H and O–H groups in total. The van der Waals surface area contributed by atoms with E-state index < -0.39 is 0 Å². The lowest BCUT2D eigenvalue weighted by molar-refractivity contribution is 0.221. The number of aryl methyl sites for hydroxylation is 1. The third-order valence-corrected chi connectivity index (χ3v) is 5.86. The van der Waals surface area contributed by atoms with E-state index in [9.17, 15) is 0 Å². The summed E-state index contributed by atoms with van der Waals surface area (Å²) >= 11 is 0. The zero-order valence-electron chi connectivity index (χ0n) is 14.6. The second-order valence-corrected chi connectivity index (χ2v) is 7.62. The van der Waals surface area contributed by atoms with Crippen molar-refractivity contribution >= 4 is 10.9 Å². The van der Waals surface area contributed by atoms with Crippen LogP contribution in [0.5, 0.6) is 0 Å². The highest BCUT2D eigenvalue weighted by atomic mass is 15.1. The molecule has 1 aromatic heterocycles. The molecule has 1 unspecified atom stereocenters. The lowest BCUT2D eigenvalue weighted by Crippen LogP contribution is -2.33. The minimum Gasteiger partial charge on any atom is -0.358 e. The van der Waals surface area contributed by atoms with Gasteiger partial charge in [0.2, 0.25) is 0 Å². The summed E-state index contributed by atoms with van der Waals surface area (Å²) in [6.45, 7) is 3.63. The molecule has 4 rings (SSSR count). The molecular weight excluding hydrogens is 282 g/mol. The number of benzene rings is 1. The Labute approximate surface area is 139 Å². The van der Waals surface area contributed by atoms with E-state index in [0.29, 0.717) is 6.04 Å². The van der Waals surface area contributed by atoms with Crippen molar-refractivity contribution in [3.63, 3.8) is 0 Å². The molecule has 1 aliphatic heterocycles. The SMILES string of the molecule is CN(C)C1CCc2[nH]c3c(CN4CCCCC4)cccc3c2C1. The molecule has 2 aliphatic rings. The van der Waals surface area contributed by atoms with Crippen molar-refractivity contribution in [1.29, 1.82) is 0 Å². The van der Waals surface area contributed by atoms with Crippen LogP contribution in [0.1, 0.15) is 42.5 Å². The van der Waals surface area contributed by atoms with Crippen molar-refractivity contribution in [2.24, 2.45) is 0 Å². The van der Waals surface area contributed by atoms with Crippen LogP contribution in [0.4, 0.5) is 0 Å². The highest BCUT2D eigenvalue weighted by molar-refractivity contribution is 5.87. The summed E-state index contributed by atoms with van der Waals surface area (Å²) in [6.07, 6.45) is 7.78. The van der Waals surface area contributed by atoms with Gasteiger partial charge in [-0.15, -0.1) is 0 Å². The quantitative estimate of drug-likeness (QED) is 0.936. The third kappa shape index (κ3) is 2.92. The molecule has 1 aliphatic carbocycles. The molecule has 3 heteroatoms. The molecule has 0 bridgehead atoms. The van der Waals surface area contributed by atoms with Gasteiger partial charge in [-0.1, -0.05) is 24.6 Å². The molecule has 1 saturated heterocycles. The van der Waals surface area contributed by atoms with Crippen LogP contribution in [0.2, 0.25) is 0 Å². The highest BCUT2D eigenvalue weighted by Gasteiger charge is 2.24. The van der Waals surface area contributed by atoms with Crippen molar-refractivity contribution in [2.45, 2.75) is 51.1 Å². The Balaban J connectivity index is 1.66. The summed E-state index contributed by atoms with van der Waals surface area (Å²) < 4.78 is 0. The predicted molar refractivity (Wildman–Crippen MR) is 96.9 cm³/mol. The van der Waals surface area contributed by atoms with Crippen LogP contribution in [0, 0.1) is 0 Å². The van der Waals surface area contributed by atoms with Crippen LogP contribution in [-0.2, 0) is 19.4 Å². The average Bonchev–Trinajstić information content (AvgIpc) is 2.95. The van der Waals surface area contributed by atoms with E-state index >= 15 is 0 Å². The Kier molecular flexibility index (Phi) is 4.16. The van der Waals surface area contributed by atoms with Gasteiger partial charge in [0.05, 0.1) is 5.52 Å². The normalized spacial score (nSPS) is 22.7. The van der Waals surface area contributed by atoms with E-state index in [2.05, 4.69) is 47.1 Å². The maximum atomic E-state index is 3.79. The molecule has 0 radical (unpaired) electrons. The van der Waals surface area contributed by atoms with Crippen LogP contribution in [0.3, 0.4) is 0 Å². The first-order valence-corrected chi connectivity index (χ1v) is 9.22. The molecular formula is C20H29N3. The number of nitrogens with one attached hydrogen (secondary N) is 1. The van der Waals surface area contributed by atoms with E-state index in [1.807, 2.05) is 0 Å². The van der Waals surface area contributed by atoms with Crippen LogP contribution >= 0.6 is 0 Å². The Hall–Kier alpha value is -1.32. The summed E-state index contributed by atoms with van der Waals surface area (Å²) in [6, 6.07) is 7.59. The van der Waals surface area contributed by atoms with E-state index in [0.717, 1.165) is 6.54 Å². The fourth-order valence-electron chi connectivity index (χ4n) is 4.41. The summed E-state index contributed by atoms with van der Waals surface area (Å²) in [4.78, 5) is 8.80. The van der Waals surface area contributed by atoms with E-state index in [1.54, 1.807) is 5.56 Å². The number of nitrogens with zero attached hydrogens (tertiary/aromatic N) is 2. The smallest absolute Gasteiger partial charge is 0.0504 e. The van der Waals surface area contributed by atoms with Crippen molar-refractivity contribution in [2.75, 3.05) is 27.2 Å². The summed E-state index contributed by atoms with van der Waals surface area (Å²) in [7, 11) is 4.43. The van der Waals surface area contributed by atoms with Crippen molar-refractivity contribution in [3.05, 3.63) is 35.0 Å². The van der Waals surface area contributed by atoms with Gasteiger partial charge in [0.25, 0.3) is 0 Å². The Morgan fingerprint density at radius 1 is 1.17 bits per heavy atom. The maximum absolute atomic E-state index is 3.79.